The summed E-state index contributed by atoms with van der Waals surface area (Å²) in [4.78, 5) is 43.6. The first-order valence-corrected chi connectivity index (χ1v) is 16.5. The summed E-state index contributed by atoms with van der Waals surface area (Å²) in [6.07, 6.45) is 2.34. The number of nitrogens with zero attached hydrogens (tertiary/aromatic N) is 2. The van der Waals surface area contributed by atoms with Gasteiger partial charge in [-0.25, -0.2) is 0 Å². The molecule has 2 atom stereocenters. The zero-order valence-corrected chi connectivity index (χ0v) is 26.3. The zero-order chi connectivity index (χ0) is 31.2. The van der Waals surface area contributed by atoms with Crippen molar-refractivity contribution in [2.45, 2.75) is 44.4 Å². The van der Waals surface area contributed by atoms with Gasteiger partial charge >= 0.3 is 5.97 Å². The Bertz CT molecular complexity index is 1940. The van der Waals surface area contributed by atoms with Crippen molar-refractivity contribution in [2.75, 3.05) is 34.6 Å². The van der Waals surface area contributed by atoms with Gasteiger partial charge in [-0.15, -0.1) is 23.2 Å². The molecule has 2 aliphatic heterocycles. The number of anilines is 2. The smallest absolute Gasteiger partial charge is 0.308 e. The number of rotatable bonds is 6. The van der Waals surface area contributed by atoms with Gasteiger partial charge in [0.25, 0.3) is 0 Å². The molecule has 1 unspecified atom stereocenters. The van der Waals surface area contributed by atoms with Gasteiger partial charge in [0.15, 0.2) is 0 Å². The number of carbonyl (C=O) groups excluding carboxylic acids is 3. The van der Waals surface area contributed by atoms with E-state index in [-0.39, 0.29) is 34.8 Å². The van der Waals surface area contributed by atoms with Crippen molar-refractivity contribution in [1.29, 1.82) is 0 Å². The molecule has 7 nitrogen and oxygen atoms in total. The number of ether oxygens (including phenoxy) is 1. The number of hydrogen-bond acceptors (Lipinski definition) is 5. The SMILES string of the molecule is CC(=O)Oc1cc2c(c3ccccc13)C(CCl)CN2C(=O)C12CC(CC(=O)N3C[C@@H](CCl)c4c3cc(O)c3ccccc43)(C1)C2. The van der Waals surface area contributed by atoms with Crippen LogP contribution in [0.5, 0.6) is 11.5 Å². The van der Waals surface area contributed by atoms with Crippen LogP contribution in [-0.2, 0) is 14.4 Å². The highest BCUT2D eigenvalue weighted by atomic mass is 35.5. The molecular formula is C36H32Cl2N2O5. The van der Waals surface area contributed by atoms with Crippen LogP contribution >= 0.6 is 23.2 Å². The Morgan fingerprint density at radius 1 is 0.822 bits per heavy atom. The number of carbonyl (C=O) groups is 3. The predicted molar refractivity (Wildman–Crippen MR) is 176 cm³/mol. The molecule has 2 heterocycles. The minimum Gasteiger partial charge on any atom is -0.507 e. The molecular weight excluding hydrogens is 611 g/mol. The number of esters is 1. The van der Waals surface area contributed by atoms with Crippen LogP contribution in [0.25, 0.3) is 21.5 Å². The number of hydrogen-bond donors (Lipinski definition) is 1. The predicted octanol–water partition coefficient (Wildman–Crippen LogP) is 7.22. The summed E-state index contributed by atoms with van der Waals surface area (Å²) >= 11 is 12.8. The van der Waals surface area contributed by atoms with Crippen LogP contribution in [0, 0.1) is 10.8 Å². The Labute approximate surface area is 270 Å². The fourth-order valence-corrected chi connectivity index (χ4v) is 9.38. The molecule has 1 N–H and O–H groups in total. The molecule has 45 heavy (non-hydrogen) atoms. The first-order valence-electron chi connectivity index (χ1n) is 15.4. The summed E-state index contributed by atoms with van der Waals surface area (Å²) in [5.41, 5.74) is 2.81. The molecule has 2 amide bonds. The molecule has 230 valence electrons. The quantitative estimate of drug-likeness (QED) is 0.136. The molecule has 3 aliphatic carbocycles. The normalized spacial score (nSPS) is 25.9. The maximum absolute atomic E-state index is 14.2. The Balaban J connectivity index is 1.03. The number of fused-ring (bicyclic) bond motifs is 6. The third-order valence-electron chi connectivity index (χ3n) is 10.6. The second-order valence-electron chi connectivity index (χ2n) is 13.4. The second kappa shape index (κ2) is 10.1. The van der Waals surface area contributed by atoms with E-state index in [0.717, 1.165) is 44.0 Å². The summed E-state index contributed by atoms with van der Waals surface area (Å²) < 4.78 is 5.59. The van der Waals surface area contributed by atoms with Gasteiger partial charge in [-0.05, 0) is 46.6 Å². The molecule has 4 aromatic rings. The zero-order valence-electron chi connectivity index (χ0n) is 24.8. The van der Waals surface area contributed by atoms with Crippen LogP contribution in [-0.4, -0.2) is 47.7 Å². The molecule has 0 radical (unpaired) electrons. The number of halogens is 2. The number of alkyl halides is 2. The monoisotopic (exact) mass is 642 g/mol. The van der Waals surface area contributed by atoms with Crippen LogP contribution in [0.15, 0.2) is 60.7 Å². The van der Waals surface area contributed by atoms with Gasteiger partial charge in [-0.3, -0.25) is 14.4 Å². The van der Waals surface area contributed by atoms with Crippen LogP contribution in [0.1, 0.15) is 55.6 Å². The number of amides is 2. The molecule has 0 saturated heterocycles. The van der Waals surface area contributed by atoms with Crippen molar-refractivity contribution in [3.8, 4) is 11.5 Å². The van der Waals surface area contributed by atoms with Crippen molar-refractivity contribution in [3.63, 3.8) is 0 Å². The topological polar surface area (TPSA) is 87.2 Å². The largest absolute Gasteiger partial charge is 0.507 e. The summed E-state index contributed by atoms with van der Waals surface area (Å²) in [5, 5.41) is 14.2. The first kappa shape index (κ1) is 28.6. The summed E-state index contributed by atoms with van der Waals surface area (Å²) in [7, 11) is 0. The van der Waals surface area contributed by atoms with Crippen LogP contribution < -0.4 is 14.5 Å². The number of aromatic hydroxyl groups is 1. The van der Waals surface area contributed by atoms with E-state index in [1.165, 1.54) is 6.92 Å². The van der Waals surface area contributed by atoms with E-state index >= 15 is 0 Å². The fourth-order valence-electron chi connectivity index (χ4n) is 8.87. The van der Waals surface area contributed by atoms with Crippen LogP contribution in [0.2, 0.25) is 0 Å². The third kappa shape index (κ3) is 4.13. The maximum atomic E-state index is 14.2. The third-order valence-corrected chi connectivity index (χ3v) is 11.3. The minimum atomic E-state index is -0.498. The van der Waals surface area contributed by atoms with E-state index < -0.39 is 11.4 Å². The van der Waals surface area contributed by atoms with Crippen molar-refractivity contribution in [1.82, 2.24) is 0 Å². The lowest BCUT2D eigenvalue weighted by Crippen LogP contribution is -2.69. The molecule has 3 fully saturated rings. The highest BCUT2D eigenvalue weighted by molar-refractivity contribution is 6.19. The molecule has 9 rings (SSSR count). The van der Waals surface area contributed by atoms with E-state index in [1.807, 2.05) is 59.5 Å². The standard InChI is InChI=1S/C36H32Cl2N2O5/c1-20(41)45-30-11-28-33(26-9-5-3-7-24(26)30)22(14-38)16-40(28)34(44)36-17-35(18-36,19-36)12-31(43)39-15-21(13-37)32-25-8-4-2-6-23(25)29(42)10-27(32)39/h2-11,21-22,42H,12-19H2,1H3/t21-,22?,35?,36?/m1/s1. The summed E-state index contributed by atoms with van der Waals surface area (Å²) in [6.45, 7) is 2.32. The molecule has 2 bridgehead atoms. The Kier molecular flexibility index (Phi) is 6.43. The molecule has 9 heteroatoms. The molecule has 3 saturated carbocycles. The van der Waals surface area contributed by atoms with Crippen molar-refractivity contribution in [3.05, 3.63) is 71.8 Å². The number of benzene rings is 4. The van der Waals surface area contributed by atoms with E-state index in [1.54, 1.807) is 11.0 Å². The van der Waals surface area contributed by atoms with Gasteiger partial charge in [0.05, 0.1) is 16.8 Å². The van der Waals surface area contributed by atoms with E-state index in [2.05, 4.69) is 0 Å². The Morgan fingerprint density at radius 2 is 1.36 bits per heavy atom. The summed E-state index contributed by atoms with van der Waals surface area (Å²) in [6, 6.07) is 18.9. The van der Waals surface area contributed by atoms with Crippen LogP contribution in [0.3, 0.4) is 0 Å². The Morgan fingerprint density at radius 3 is 1.96 bits per heavy atom. The number of phenols is 1. The Hall–Kier alpha value is -3.81. The van der Waals surface area contributed by atoms with Crippen LogP contribution in [0.4, 0.5) is 11.4 Å². The van der Waals surface area contributed by atoms with Crippen molar-refractivity contribution in [2.24, 2.45) is 10.8 Å². The molecule has 0 aromatic heterocycles. The van der Waals surface area contributed by atoms with Gasteiger partial charge in [-0.1, -0.05) is 48.5 Å². The van der Waals surface area contributed by atoms with Crippen molar-refractivity contribution >= 4 is 73.9 Å². The summed E-state index contributed by atoms with van der Waals surface area (Å²) in [5.74, 6) is 0.913. The van der Waals surface area contributed by atoms with E-state index in [0.29, 0.717) is 56.3 Å². The van der Waals surface area contributed by atoms with Gasteiger partial charge in [0.2, 0.25) is 11.8 Å². The lowest BCUT2D eigenvalue weighted by molar-refractivity contribution is -0.207. The van der Waals surface area contributed by atoms with E-state index in [9.17, 15) is 19.5 Å². The van der Waals surface area contributed by atoms with E-state index in [4.69, 9.17) is 27.9 Å². The average Bonchev–Trinajstić information content (AvgIpc) is 3.56. The van der Waals surface area contributed by atoms with Gasteiger partial charge in [-0.2, -0.15) is 0 Å². The first-order chi connectivity index (χ1) is 21.7. The maximum Gasteiger partial charge on any atom is 0.308 e. The molecule has 4 aromatic carbocycles. The van der Waals surface area contributed by atoms with Gasteiger partial charge in [0.1, 0.15) is 11.5 Å². The van der Waals surface area contributed by atoms with Crippen molar-refractivity contribution < 1.29 is 24.2 Å². The molecule has 0 spiro atoms. The van der Waals surface area contributed by atoms with Gasteiger partial charge < -0.3 is 19.6 Å². The average molecular weight is 644 g/mol. The van der Waals surface area contributed by atoms with Gasteiger partial charge in [0, 0.05) is 72.9 Å². The molecule has 5 aliphatic rings. The highest BCUT2D eigenvalue weighted by Crippen LogP contribution is 2.76. The lowest BCUT2D eigenvalue weighted by atomic mass is 9.34. The second-order valence-corrected chi connectivity index (χ2v) is 14.0. The highest BCUT2D eigenvalue weighted by Gasteiger charge is 2.72. The minimum absolute atomic E-state index is 0.00510. The fraction of sp³-hybridized carbons (Fsp3) is 0.361. The number of phenolic OH excluding ortho intramolecular Hbond substituents is 1. The lowest BCUT2D eigenvalue weighted by Gasteiger charge is -2.70.